The van der Waals surface area contributed by atoms with Crippen LogP contribution in [-0.2, 0) is 0 Å². The fourth-order valence-electron chi connectivity index (χ4n) is 2.46. The molecule has 0 aromatic heterocycles. The van der Waals surface area contributed by atoms with Crippen LogP contribution in [0.15, 0.2) is 48.5 Å². The topological polar surface area (TPSA) is 81.2 Å². The van der Waals surface area contributed by atoms with Crippen LogP contribution >= 0.6 is 0 Å². The number of hydrogen-bond donors (Lipinski definition) is 2. The van der Waals surface area contributed by atoms with Gasteiger partial charge >= 0.3 is 0 Å². The molecule has 0 heterocycles. The molecule has 5 heteroatoms. The Bertz CT molecular complexity index is 643. The summed E-state index contributed by atoms with van der Waals surface area (Å²) >= 11 is 0. The molecule has 2 aromatic rings. The lowest BCUT2D eigenvalue weighted by Crippen LogP contribution is -2.05. The van der Waals surface area contributed by atoms with E-state index in [0.717, 1.165) is 6.42 Å². The average molecular weight is 269 g/mol. The average Bonchev–Trinajstić information content (AvgIpc) is 3.18. The van der Waals surface area contributed by atoms with Crippen molar-refractivity contribution in [3.8, 4) is 0 Å². The normalized spacial score (nSPS) is 20.4. The summed E-state index contributed by atoms with van der Waals surface area (Å²) in [6, 6.07) is 15.2. The molecule has 1 aliphatic rings. The smallest absolute Gasteiger partial charge is 0.273 e. The molecule has 3 rings (SSSR count). The maximum Gasteiger partial charge on any atom is 0.273 e. The third kappa shape index (κ3) is 2.56. The number of rotatable bonds is 4. The molecule has 0 amide bonds. The van der Waals surface area contributed by atoms with E-state index in [0.29, 0.717) is 23.3 Å². The number of non-ortho nitro benzene ring substituents is 1. The van der Waals surface area contributed by atoms with E-state index in [1.165, 1.54) is 17.7 Å². The largest absolute Gasteiger partial charge is 0.398 e. The second kappa shape index (κ2) is 4.85. The summed E-state index contributed by atoms with van der Waals surface area (Å²) in [5, 5.41) is 14.1. The molecule has 1 fully saturated rings. The molecule has 0 radical (unpaired) electrons. The van der Waals surface area contributed by atoms with Gasteiger partial charge in [0.05, 0.1) is 4.92 Å². The number of hydrogen-bond acceptors (Lipinski definition) is 4. The summed E-state index contributed by atoms with van der Waals surface area (Å²) in [6.45, 7) is 0. The zero-order chi connectivity index (χ0) is 14.1. The van der Waals surface area contributed by atoms with Crippen LogP contribution < -0.4 is 11.1 Å². The van der Waals surface area contributed by atoms with Crippen molar-refractivity contribution in [2.45, 2.75) is 18.4 Å². The molecule has 3 N–H and O–H groups in total. The van der Waals surface area contributed by atoms with Gasteiger partial charge in [-0.1, -0.05) is 30.3 Å². The number of nitrogen functional groups attached to an aromatic ring is 1. The quantitative estimate of drug-likeness (QED) is 0.507. The summed E-state index contributed by atoms with van der Waals surface area (Å²) in [5.74, 6) is 0.469. The lowest BCUT2D eigenvalue weighted by Gasteiger charge is -2.07. The Hall–Kier alpha value is -2.56. The minimum atomic E-state index is -0.427. The van der Waals surface area contributed by atoms with Crippen molar-refractivity contribution in [1.82, 2.24) is 0 Å². The molecule has 2 unspecified atom stereocenters. The Kier molecular flexibility index (Phi) is 3.02. The van der Waals surface area contributed by atoms with E-state index in [1.54, 1.807) is 6.07 Å². The van der Waals surface area contributed by atoms with E-state index in [4.69, 9.17) is 5.73 Å². The Labute approximate surface area is 116 Å². The number of nitrogens with zero attached hydrogens (tertiary/aromatic N) is 1. The van der Waals surface area contributed by atoms with Crippen LogP contribution in [-0.4, -0.2) is 11.0 Å². The first-order valence-electron chi connectivity index (χ1n) is 6.50. The van der Waals surface area contributed by atoms with Crippen molar-refractivity contribution >= 4 is 17.1 Å². The molecular formula is C15H15N3O2. The monoisotopic (exact) mass is 269 g/mol. The predicted molar refractivity (Wildman–Crippen MR) is 78.7 cm³/mol. The standard InChI is InChI=1S/C15H15N3O2/c16-11-6-12(8-13(7-11)18(19)20)17-15-9-14(15)10-4-2-1-3-5-10/h1-8,14-15,17H,9,16H2. The SMILES string of the molecule is Nc1cc(NC2CC2c2ccccc2)cc([N+](=O)[O-])c1. The van der Waals surface area contributed by atoms with Gasteiger partial charge in [-0.15, -0.1) is 0 Å². The second-order valence-electron chi connectivity index (χ2n) is 5.07. The van der Waals surface area contributed by atoms with Gasteiger partial charge in [-0.3, -0.25) is 10.1 Å². The number of nitro benzene ring substituents is 1. The van der Waals surface area contributed by atoms with Crippen molar-refractivity contribution in [3.63, 3.8) is 0 Å². The molecule has 1 saturated carbocycles. The molecule has 0 saturated heterocycles. The fourth-order valence-corrected chi connectivity index (χ4v) is 2.46. The van der Waals surface area contributed by atoms with Crippen molar-refractivity contribution < 1.29 is 4.92 Å². The zero-order valence-electron chi connectivity index (χ0n) is 10.8. The zero-order valence-corrected chi connectivity index (χ0v) is 10.8. The Balaban J connectivity index is 1.72. The van der Waals surface area contributed by atoms with Crippen LogP contribution in [0.2, 0.25) is 0 Å². The highest BCUT2D eigenvalue weighted by atomic mass is 16.6. The number of nitrogens with two attached hydrogens (primary N) is 1. The van der Waals surface area contributed by atoms with Gasteiger partial charge in [0.15, 0.2) is 0 Å². The Morgan fingerprint density at radius 2 is 1.95 bits per heavy atom. The summed E-state index contributed by atoms with van der Waals surface area (Å²) in [7, 11) is 0. The lowest BCUT2D eigenvalue weighted by molar-refractivity contribution is -0.384. The van der Waals surface area contributed by atoms with E-state index in [9.17, 15) is 10.1 Å². The predicted octanol–water partition coefficient (Wildman–Crippen LogP) is 3.15. The lowest BCUT2D eigenvalue weighted by atomic mass is 10.1. The van der Waals surface area contributed by atoms with Crippen molar-refractivity contribution in [1.29, 1.82) is 0 Å². The number of anilines is 2. The molecule has 5 nitrogen and oxygen atoms in total. The molecule has 0 bridgehead atoms. The van der Waals surface area contributed by atoms with Gasteiger partial charge in [-0.2, -0.15) is 0 Å². The minimum absolute atomic E-state index is 0.0180. The molecule has 0 spiro atoms. The van der Waals surface area contributed by atoms with Crippen LogP contribution in [0.1, 0.15) is 17.9 Å². The number of nitrogens with one attached hydrogen (secondary N) is 1. The first-order valence-corrected chi connectivity index (χ1v) is 6.50. The summed E-state index contributed by atoms with van der Waals surface area (Å²) in [5.41, 5.74) is 8.12. The van der Waals surface area contributed by atoms with Gasteiger partial charge in [0.25, 0.3) is 5.69 Å². The molecule has 20 heavy (non-hydrogen) atoms. The van der Waals surface area contributed by atoms with Crippen LogP contribution in [0.4, 0.5) is 17.1 Å². The van der Waals surface area contributed by atoms with Gasteiger partial charge in [0.2, 0.25) is 0 Å². The van der Waals surface area contributed by atoms with Gasteiger partial charge < -0.3 is 11.1 Å². The summed E-state index contributed by atoms with van der Waals surface area (Å²) < 4.78 is 0. The van der Waals surface area contributed by atoms with Crippen molar-refractivity contribution in [3.05, 3.63) is 64.2 Å². The maximum absolute atomic E-state index is 10.8. The van der Waals surface area contributed by atoms with Crippen LogP contribution in [0.25, 0.3) is 0 Å². The second-order valence-corrected chi connectivity index (χ2v) is 5.07. The fraction of sp³-hybridized carbons (Fsp3) is 0.200. The van der Waals surface area contributed by atoms with Crippen LogP contribution in [0.3, 0.4) is 0 Å². The molecule has 2 atom stereocenters. The van der Waals surface area contributed by atoms with E-state index in [-0.39, 0.29) is 5.69 Å². The van der Waals surface area contributed by atoms with Gasteiger partial charge in [-0.25, -0.2) is 0 Å². The van der Waals surface area contributed by atoms with Crippen molar-refractivity contribution in [2.75, 3.05) is 11.1 Å². The van der Waals surface area contributed by atoms with Gasteiger partial charge in [0.1, 0.15) is 0 Å². The van der Waals surface area contributed by atoms with Crippen molar-refractivity contribution in [2.24, 2.45) is 0 Å². The highest BCUT2D eigenvalue weighted by molar-refractivity contribution is 5.62. The Morgan fingerprint density at radius 3 is 2.65 bits per heavy atom. The highest BCUT2D eigenvalue weighted by Gasteiger charge is 2.38. The Morgan fingerprint density at radius 1 is 1.20 bits per heavy atom. The van der Waals surface area contributed by atoms with E-state index in [1.807, 2.05) is 18.2 Å². The molecule has 1 aliphatic carbocycles. The van der Waals surface area contributed by atoms with E-state index in [2.05, 4.69) is 17.4 Å². The number of nitro groups is 1. The van der Waals surface area contributed by atoms with E-state index >= 15 is 0 Å². The molecule has 102 valence electrons. The van der Waals surface area contributed by atoms with Gasteiger partial charge in [-0.05, 0) is 18.1 Å². The molecular weight excluding hydrogens is 254 g/mol. The first-order chi connectivity index (χ1) is 9.63. The van der Waals surface area contributed by atoms with Gasteiger partial charge in [0, 0.05) is 35.5 Å². The first kappa shape index (κ1) is 12.5. The molecule has 0 aliphatic heterocycles. The van der Waals surface area contributed by atoms with E-state index < -0.39 is 4.92 Å². The van der Waals surface area contributed by atoms with Crippen LogP contribution in [0, 0.1) is 10.1 Å². The maximum atomic E-state index is 10.8. The van der Waals surface area contributed by atoms with Crippen LogP contribution in [0.5, 0.6) is 0 Å². The minimum Gasteiger partial charge on any atom is -0.398 e. The number of benzene rings is 2. The third-order valence-corrected chi connectivity index (χ3v) is 3.52. The highest BCUT2D eigenvalue weighted by Crippen LogP contribution is 2.43. The summed E-state index contributed by atoms with van der Waals surface area (Å²) in [4.78, 5) is 10.4. The molecule has 2 aromatic carbocycles. The third-order valence-electron chi connectivity index (χ3n) is 3.52. The summed E-state index contributed by atoms with van der Waals surface area (Å²) in [6.07, 6.45) is 1.03.